The van der Waals surface area contributed by atoms with Gasteiger partial charge in [-0.15, -0.1) is 0 Å². The summed E-state index contributed by atoms with van der Waals surface area (Å²) in [5.74, 6) is 1.19. The van der Waals surface area contributed by atoms with Crippen LogP contribution in [-0.2, 0) is 4.74 Å². The van der Waals surface area contributed by atoms with Crippen molar-refractivity contribution in [2.45, 2.75) is 39.2 Å². The van der Waals surface area contributed by atoms with Crippen LogP contribution in [0.4, 0.5) is 0 Å². The van der Waals surface area contributed by atoms with Gasteiger partial charge in [-0.05, 0) is 36.6 Å². The Bertz CT molecular complexity index is 580. The number of aliphatic hydroxyl groups excluding tert-OH is 1. The summed E-state index contributed by atoms with van der Waals surface area (Å²) < 4.78 is 11.3. The van der Waals surface area contributed by atoms with E-state index in [1.165, 1.54) is 0 Å². The molecule has 138 valence electrons. The molecule has 1 atom stereocenters. The van der Waals surface area contributed by atoms with Gasteiger partial charge in [0.1, 0.15) is 11.9 Å². The number of hydrogen-bond acceptors (Lipinski definition) is 4. The zero-order valence-electron chi connectivity index (χ0n) is 15.2. The molecule has 2 saturated heterocycles. The van der Waals surface area contributed by atoms with Gasteiger partial charge >= 0.3 is 0 Å². The van der Waals surface area contributed by atoms with Crippen LogP contribution in [0.1, 0.15) is 43.5 Å². The topological polar surface area (TPSA) is 59.0 Å². The summed E-state index contributed by atoms with van der Waals surface area (Å²) in [4.78, 5) is 14.6. The first-order valence-corrected chi connectivity index (χ1v) is 9.29. The number of aliphatic hydroxyl groups is 1. The molecule has 2 aliphatic rings. The van der Waals surface area contributed by atoms with Crippen molar-refractivity contribution in [1.82, 2.24) is 4.90 Å². The predicted molar refractivity (Wildman–Crippen MR) is 95.8 cm³/mol. The van der Waals surface area contributed by atoms with E-state index < -0.39 is 0 Å². The van der Waals surface area contributed by atoms with Gasteiger partial charge < -0.3 is 19.5 Å². The molecular weight excluding hydrogens is 318 g/mol. The van der Waals surface area contributed by atoms with Crippen molar-refractivity contribution in [3.8, 4) is 5.75 Å². The molecule has 5 heteroatoms. The maximum Gasteiger partial charge on any atom is 0.253 e. The third-order valence-electron chi connectivity index (χ3n) is 5.78. The summed E-state index contributed by atoms with van der Waals surface area (Å²) in [5, 5.41) is 9.79. The summed E-state index contributed by atoms with van der Waals surface area (Å²) in [6, 6.07) is 7.43. The lowest BCUT2D eigenvalue weighted by Crippen LogP contribution is -2.37. The van der Waals surface area contributed by atoms with E-state index in [2.05, 4.69) is 13.8 Å². The average Bonchev–Trinajstić information content (AvgIpc) is 3.09. The van der Waals surface area contributed by atoms with E-state index in [0.717, 1.165) is 38.2 Å². The minimum Gasteiger partial charge on any atom is -0.490 e. The first-order valence-electron chi connectivity index (χ1n) is 9.29. The lowest BCUT2D eigenvalue weighted by Gasteiger charge is -2.31. The summed E-state index contributed by atoms with van der Waals surface area (Å²) in [5.41, 5.74) is 0.513. The highest BCUT2D eigenvalue weighted by Crippen LogP contribution is 2.37. The van der Waals surface area contributed by atoms with E-state index in [-0.39, 0.29) is 24.0 Å². The summed E-state index contributed by atoms with van der Waals surface area (Å²) in [6.07, 6.45) is 2.88. The molecule has 1 unspecified atom stereocenters. The van der Waals surface area contributed by atoms with E-state index in [9.17, 15) is 9.90 Å². The van der Waals surface area contributed by atoms with Gasteiger partial charge in [-0.25, -0.2) is 0 Å². The first-order chi connectivity index (χ1) is 12.0. The van der Waals surface area contributed by atoms with E-state index >= 15 is 0 Å². The van der Waals surface area contributed by atoms with Gasteiger partial charge in [-0.1, -0.05) is 13.8 Å². The van der Waals surface area contributed by atoms with Crippen LogP contribution in [0, 0.1) is 11.3 Å². The van der Waals surface area contributed by atoms with Gasteiger partial charge in [-0.2, -0.15) is 0 Å². The number of benzene rings is 1. The quantitative estimate of drug-likeness (QED) is 0.890. The van der Waals surface area contributed by atoms with Crippen LogP contribution in [0.5, 0.6) is 5.75 Å². The van der Waals surface area contributed by atoms with Crippen LogP contribution in [0.2, 0.25) is 0 Å². The molecule has 0 aliphatic carbocycles. The lowest BCUT2D eigenvalue weighted by molar-refractivity contribution is 0.0256. The maximum atomic E-state index is 12.8. The average molecular weight is 347 g/mol. The molecule has 1 aromatic rings. The fourth-order valence-corrected chi connectivity index (χ4v) is 3.70. The number of carbonyl (C=O) groups excluding carboxylic acids is 1. The monoisotopic (exact) mass is 347 g/mol. The molecule has 2 fully saturated rings. The molecule has 0 spiro atoms. The molecule has 25 heavy (non-hydrogen) atoms. The Hall–Kier alpha value is -1.59. The minimum absolute atomic E-state index is 0.0357. The van der Waals surface area contributed by atoms with Gasteiger partial charge in [0.05, 0.1) is 19.8 Å². The van der Waals surface area contributed by atoms with Crippen molar-refractivity contribution in [3.05, 3.63) is 29.8 Å². The summed E-state index contributed by atoms with van der Waals surface area (Å²) in [6.45, 7) is 7.20. The molecule has 1 aromatic carbocycles. The molecule has 1 N–H and O–H groups in total. The van der Waals surface area contributed by atoms with Crippen LogP contribution in [0.3, 0.4) is 0 Å². The number of likely N-dealkylation sites (tertiary alicyclic amines) is 1. The predicted octanol–water partition coefficient (Wildman–Crippen LogP) is 2.73. The van der Waals surface area contributed by atoms with E-state index in [1.54, 1.807) is 0 Å². The van der Waals surface area contributed by atoms with Crippen LogP contribution in [-0.4, -0.2) is 54.9 Å². The van der Waals surface area contributed by atoms with Crippen molar-refractivity contribution < 1.29 is 19.4 Å². The zero-order valence-corrected chi connectivity index (χ0v) is 15.2. The third-order valence-corrected chi connectivity index (χ3v) is 5.78. The molecular formula is C20H29NO4. The fraction of sp³-hybridized carbons (Fsp3) is 0.650. The van der Waals surface area contributed by atoms with Crippen molar-refractivity contribution in [1.29, 1.82) is 0 Å². The van der Waals surface area contributed by atoms with Gasteiger partial charge in [0.2, 0.25) is 0 Å². The molecule has 2 heterocycles. The van der Waals surface area contributed by atoms with Gasteiger partial charge in [-0.3, -0.25) is 4.79 Å². The normalized spacial score (nSPS) is 24.7. The Labute approximate surface area is 149 Å². The Kier molecular flexibility index (Phi) is 5.64. The molecule has 0 radical (unpaired) electrons. The Morgan fingerprint density at radius 2 is 2.00 bits per heavy atom. The molecule has 3 rings (SSSR count). The van der Waals surface area contributed by atoms with Gasteiger partial charge in [0, 0.05) is 36.9 Å². The molecule has 5 nitrogen and oxygen atoms in total. The minimum atomic E-state index is -0.165. The van der Waals surface area contributed by atoms with Crippen LogP contribution in [0.25, 0.3) is 0 Å². The van der Waals surface area contributed by atoms with E-state index in [1.807, 2.05) is 29.2 Å². The first kappa shape index (κ1) is 18.2. The highest BCUT2D eigenvalue weighted by molar-refractivity contribution is 5.94. The molecule has 0 bridgehead atoms. The standard InChI is InChI=1S/C20H29NO4/c1-15(2)20(14-22)9-10-21(13-20)19(23)16-3-5-17(6-4-16)25-18-7-11-24-12-8-18/h3-6,15,18,22H,7-14H2,1-2H3. The van der Waals surface area contributed by atoms with Gasteiger partial charge in [0.15, 0.2) is 0 Å². The molecule has 2 aliphatic heterocycles. The summed E-state index contributed by atoms with van der Waals surface area (Å²) in [7, 11) is 0. The fourth-order valence-electron chi connectivity index (χ4n) is 3.70. The van der Waals surface area contributed by atoms with Gasteiger partial charge in [0.25, 0.3) is 5.91 Å². The second-order valence-electron chi connectivity index (χ2n) is 7.61. The maximum absolute atomic E-state index is 12.8. The van der Waals surface area contributed by atoms with Crippen molar-refractivity contribution in [3.63, 3.8) is 0 Å². The summed E-state index contributed by atoms with van der Waals surface area (Å²) >= 11 is 0. The van der Waals surface area contributed by atoms with E-state index in [0.29, 0.717) is 24.6 Å². The number of amides is 1. The van der Waals surface area contributed by atoms with Crippen LogP contribution in [0.15, 0.2) is 24.3 Å². The number of hydrogen-bond donors (Lipinski definition) is 1. The van der Waals surface area contributed by atoms with Crippen molar-refractivity contribution in [2.24, 2.45) is 11.3 Å². The number of ether oxygens (including phenoxy) is 2. The molecule has 0 aromatic heterocycles. The van der Waals surface area contributed by atoms with Crippen LogP contribution < -0.4 is 4.74 Å². The molecule has 0 saturated carbocycles. The highest BCUT2D eigenvalue weighted by atomic mass is 16.5. The zero-order chi connectivity index (χ0) is 17.9. The number of nitrogens with zero attached hydrogens (tertiary/aromatic N) is 1. The highest BCUT2D eigenvalue weighted by Gasteiger charge is 2.41. The second-order valence-corrected chi connectivity index (χ2v) is 7.61. The van der Waals surface area contributed by atoms with Crippen molar-refractivity contribution in [2.75, 3.05) is 32.9 Å². The second kappa shape index (κ2) is 7.75. The Balaban J connectivity index is 1.61. The number of rotatable bonds is 5. The Morgan fingerprint density at radius 3 is 2.56 bits per heavy atom. The van der Waals surface area contributed by atoms with Crippen LogP contribution >= 0.6 is 0 Å². The number of carbonyl (C=O) groups is 1. The smallest absolute Gasteiger partial charge is 0.253 e. The van der Waals surface area contributed by atoms with Crippen molar-refractivity contribution >= 4 is 5.91 Å². The molecule has 1 amide bonds. The lowest BCUT2D eigenvalue weighted by atomic mass is 9.77. The Morgan fingerprint density at radius 1 is 1.32 bits per heavy atom. The largest absolute Gasteiger partial charge is 0.490 e. The third kappa shape index (κ3) is 3.98. The SMILES string of the molecule is CC(C)C1(CO)CCN(C(=O)c2ccc(OC3CCOCC3)cc2)C1. The van der Waals surface area contributed by atoms with E-state index in [4.69, 9.17) is 9.47 Å².